The average molecular weight is 392 g/mol. The molecule has 2 saturated heterocycles. The first-order valence-electron chi connectivity index (χ1n) is 10.8. The molecule has 2 fully saturated rings. The van der Waals surface area contributed by atoms with Gasteiger partial charge in [0.05, 0.1) is 6.04 Å². The van der Waals surface area contributed by atoms with E-state index in [-0.39, 0.29) is 12.1 Å². The Morgan fingerprint density at radius 2 is 1.86 bits per heavy atom. The fraction of sp³-hybridized carbons (Fsp3) is 0.458. The zero-order chi connectivity index (χ0) is 19.8. The van der Waals surface area contributed by atoms with E-state index in [9.17, 15) is 4.79 Å². The second-order valence-corrected chi connectivity index (χ2v) is 8.48. The largest absolute Gasteiger partial charge is 0.445 e. The van der Waals surface area contributed by atoms with Crippen LogP contribution in [0.1, 0.15) is 42.0 Å². The summed E-state index contributed by atoms with van der Waals surface area (Å²) in [4.78, 5) is 17.4. The number of piperidine rings is 1. The lowest BCUT2D eigenvalue weighted by atomic mass is 9.86. The Morgan fingerprint density at radius 1 is 1.07 bits per heavy atom. The molecule has 0 aromatic heterocycles. The van der Waals surface area contributed by atoms with Gasteiger partial charge in [-0.05, 0) is 47.1 Å². The second-order valence-electron chi connectivity index (χ2n) is 8.48. The number of nitrogens with zero attached hydrogens (tertiary/aromatic N) is 2. The molecule has 2 aromatic carbocycles. The van der Waals surface area contributed by atoms with Crippen molar-refractivity contribution in [2.75, 3.05) is 37.6 Å². The van der Waals surface area contributed by atoms with Gasteiger partial charge in [0.1, 0.15) is 6.61 Å². The third kappa shape index (κ3) is 3.38. The van der Waals surface area contributed by atoms with Gasteiger partial charge in [-0.15, -0.1) is 0 Å². The summed E-state index contributed by atoms with van der Waals surface area (Å²) in [5.41, 5.74) is 5.06. The zero-order valence-corrected chi connectivity index (χ0v) is 17.0. The van der Waals surface area contributed by atoms with Crippen LogP contribution in [0.15, 0.2) is 48.5 Å². The molecule has 0 saturated carbocycles. The van der Waals surface area contributed by atoms with E-state index >= 15 is 0 Å². The molecule has 0 radical (unpaired) electrons. The van der Waals surface area contributed by atoms with E-state index in [1.54, 1.807) is 0 Å². The lowest BCUT2D eigenvalue weighted by molar-refractivity contribution is 0.0531. The first-order chi connectivity index (χ1) is 14.2. The molecule has 2 aromatic rings. The number of benzene rings is 2. The van der Waals surface area contributed by atoms with Gasteiger partial charge in [0.25, 0.3) is 0 Å². The van der Waals surface area contributed by atoms with Crippen molar-refractivity contribution in [3.8, 4) is 0 Å². The van der Waals surface area contributed by atoms with Gasteiger partial charge in [0.2, 0.25) is 0 Å². The number of nitrogens with one attached hydrogen (secondary N) is 1. The fourth-order valence-corrected chi connectivity index (χ4v) is 5.36. The van der Waals surface area contributed by atoms with Crippen LogP contribution in [0.25, 0.3) is 0 Å². The average Bonchev–Trinajstić information content (AvgIpc) is 2.94. The molecule has 5 nitrogen and oxygen atoms in total. The van der Waals surface area contributed by atoms with Crippen molar-refractivity contribution in [2.24, 2.45) is 5.92 Å². The first kappa shape index (κ1) is 18.5. The Morgan fingerprint density at radius 3 is 2.66 bits per heavy atom. The molecule has 2 bridgehead atoms. The number of piperazine rings is 1. The van der Waals surface area contributed by atoms with E-state index in [2.05, 4.69) is 35.3 Å². The summed E-state index contributed by atoms with van der Waals surface area (Å²) in [5, 5.41) is 3.42. The molecule has 3 aliphatic rings. The Balaban J connectivity index is 1.37. The Labute approximate surface area is 172 Å². The highest BCUT2D eigenvalue weighted by Gasteiger charge is 2.46. The molecule has 1 N–H and O–H groups in total. The summed E-state index contributed by atoms with van der Waals surface area (Å²) in [6.45, 7) is 7.50. The van der Waals surface area contributed by atoms with Gasteiger partial charge >= 0.3 is 6.09 Å². The topological polar surface area (TPSA) is 44.8 Å². The molecule has 2 heterocycles. The summed E-state index contributed by atoms with van der Waals surface area (Å²) >= 11 is 0. The number of likely N-dealkylation sites (tertiary alicyclic amines) is 1. The van der Waals surface area contributed by atoms with Crippen LogP contribution in [0.2, 0.25) is 0 Å². The van der Waals surface area contributed by atoms with Crippen molar-refractivity contribution in [1.29, 1.82) is 0 Å². The summed E-state index contributed by atoms with van der Waals surface area (Å²) < 4.78 is 5.70. The maximum atomic E-state index is 13.0. The molecule has 5 rings (SSSR count). The second kappa shape index (κ2) is 7.71. The van der Waals surface area contributed by atoms with Crippen LogP contribution in [-0.2, 0) is 11.3 Å². The molecule has 2 aliphatic heterocycles. The Hall–Kier alpha value is -2.53. The third-order valence-electron chi connectivity index (χ3n) is 6.86. The van der Waals surface area contributed by atoms with Crippen LogP contribution in [0.5, 0.6) is 0 Å². The van der Waals surface area contributed by atoms with Gasteiger partial charge in [-0.2, -0.15) is 0 Å². The highest BCUT2D eigenvalue weighted by atomic mass is 16.6. The fourth-order valence-electron chi connectivity index (χ4n) is 5.36. The number of carbonyl (C=O) groups excluding carboxylic acids is 1. The minimum atomic E-state index is -0.190. The number of amides is 1. The predicted molar refractivity (Wildman–Crippen MR) is 114 cm³/mol. The number of carbonyl (C=O) groups is 1. The number of anilines is 1. The van der Waals surface area contributed by atoms with Crippen LogP contribution in [0.3, 0.4) is 0 Å². The lowest BCUT2D eigenvalue weighted by Crippen LogP contribution is -2.43. The van der Waals surface area contributed by atoms with Crippen molar-refractivity contribution >= 4 is 11.8 Å². The Kier molecular flexibility index (Phi) is 4.92. The lowest BCUT2D eigenvalue weighted by Gasteiger charge is -2.37. The SMILES string of the molecule is C[C@H]1C2CCN(C(=O)OCc3ccccc3)C1c1cc(N3CCNCC3)ccc12. The molecule has 0 spiro atoms. The highest BCUT2D eigenvalue weighted by molar-refractivity contribution is 5.70. The smallest absolute Gasteiger partial charge is 0.410 e. The van der Waals surface area contributed by atoms with E-state index in [4.69, 9.17) is 4.74 Å². The number of ether oxygens (including phenoxy) is 1. The zero-order valence-electron chi connectivity index (χ0n) is 17.0. The monoisotopic (exact) mass is 391 g/mol. The first-order valence-corrected chi connectivity index (χ1v) is 10.8. The normalized spacial score (nSPS) is 25.6. The standard InChI is InChI=1S/C24H29N3O2/c1-17-20-9-12-27(24(28)29-16-18-5-3-2-4-6-18)23(17)22-15-19(7-8-21(20)22)26-13-10-25-11-14-26/h2-8,15,17,20,23,25H,9-14,16H2,1H3/t17-,20?,23?/m0/s1. The van der Waals surface area contributed by atoms with Crippen molar-refractivity contribution < 1.29 is 9.53 Å². The summed E-state index contributed by atoms with van der Waals surface area (Å²) in [5.74, 6) is 0.978. The maximum absolute atomic E-state index is 13.0. The summed E-state index contributed by atoms with van der Waals surface area (Å²) in [6.07, 6.45) is 0.822. The van der Waals surface area contributed by atoms with E-state index in [0.29, 0.717) is 18.4 Å². The molecular formula is C24H29N3O2. The van der Waals surface area contributed by atoms with Crippen LogP contribution in [0, 0.1) is 5.92 Å². The van der Waals surface area contributed by atoms with Crippen molar-refractivity contribution in [3.63, 3.8) is 0 Å². The highest BCUT2D eigenvalue weighted by Crippen LogP contribution is 2.53. The third-order valence-corrected chi connectivity index (χ3v) is 6.86. The number of rotatable bonds is 3. The number of hydrogen-bond acceptors (Lipinski definition) is 4. The summed E-state index contributed by atoms with van der Waals surface area (Å²) in [7, 11) is 0. The molecule has 5 heteroatoms. The predicted octanol–water partition coefficient (Wildman–Crippen LogP) is 3.91. The Bertz CT molecular complexity index is 879. The van der Waals surface area contributed by atoms with Gasteiger partial charge in [0, 0.05) is 38.4 Å². The van der Waals surface area contributed by atoms with Gasteiger partial charge in [0.15, 0.2) is 0 Å². The van der Waals surface area contributed by atoms with Crippen LogP contribution >= 0.6 is 0 Å². The van der Waals surface area contributed by atoms with Gasteiger partial charge in [-0.1, -0.05) is 43.3 Å². The molecule has 2 unspecified atom stereocenters. The van der Waals surface area contributed by atoms with Crippen LogP contribution < -0.4 is 10.2 Å². The van der Waals surface area contributed by atoms with Crippen molar-refractivity contribution in [1.82, 2.24) is 10.2 Å². The molecule has 152 valence electrons. The molecule has 1 amide bonds. The number of fused-ring (bicyclic) bond motifs is 5. The van der Waals surface area contributed by atoms with E-state index in [1.165, 1.54) is 16.8 Å². The maximum Gasteiger partial charge on any atom is 0.410 e. The summed E-state index contributed by atoms with van der Waals surface area (Å²) in [6, 6.07) is 17.0. The number of hydrogen-bond donors (Lipinski definition) is 1. The van der Waals surface area contributed by atoms with Crippen LogP contribution in [0.4, 0.5) is 10.5 Å². The van der Waals surface area contributed by atoms with Crippen LogP contribution in [-0.4, -0.2) is 43.7 Å². The van der Waals surface area contributed by atoms with Crippen molar-refractivity contribution in [2.45, 2.75) is 31.9 Å². The van der Waals surface area contributed by atoms with Gasteiger partial charge < -0.3 is 19.9 Å². The molecule has 29 heavy (non-hydrogen) atoms. The molecule has 1 aliphatic carbocycles. The van der Waals surface area contributed by atoms with E-state index in [1.807, 2.05) is 35.2 Å². The van der Waals surface area contributed by atoms with Gasteiger partial charge in [-0.3, -0.25) is 0 Å². The van der Waals surface area contributed by atoms with E-state index in [0.717, 1.165) is 44.7 Å². The molecular weight excluding hydrogens is 362 g/mol. The minimum absolute atomic E-state index is 0.120. The van der Waals surface area contributed by atoms with E-state index < -0.39 is 0 Å². The minimum Gasteiger partial charge on any atom is -0.445 e. The molecule has 3 atom stereocenters. The quantitative estimate of drug-likeness (QED) is 0.862. The van der Waals surface area contributed by atoms with Crippen molar-refractivity contribution in [3.05, 3.63) is 65.2 Å². The van der Waals surface area contributed by atoms with Gasteiger partial charge in [-0.25, -0.2) is 4.79 Å².